The number of benzene rings is 2. The minimum absolute atomic E-state index is 0.637. The summed E-state index contributed by atoms with van der Waals surface area (Å²) in [5.74, 6) is 0.509. The fourth-order valence-electron chi connectivity index (χ4n) is 1.70. The molecule has 0 heterocycles. The van der Waals surface area contributed by atoms with E-state index in [1.807, 2.05) is 36.4 Å². The Morgan fingerprint density at radius 1 is 1.00 bits per heavy atom. The van der Waals surface area contributed by atoms with Gasteiger partial charge in [-0.15, -0.1) is 0 Å². The smallest absolute Gasteiger partial charge is 0.313 e. The number of aliphatic carboxylic acids is 1. The highest BCUT2D eigenvalue weighted by Gasteiger charge is 2.29. The van der Waals surface area contributed by atoms with Gasteiger partial charge < -0.3 is 9.84 Å². The number of carboxylic acid groups (broad SMARTS) is 1. The van der Waals surface area contributed by atoms with Crippen LogP contribution in [0.5, 0.6) is 11.5 Å². The molecule has 1 N–H and O–H groups in total. The van der Waals surface area contributed by atoms with E-state index in [0.29, 0.717) is 11.3 Å². The lowest BCUT2D eigenvalue weighted by atomic mass is 9.85. The lowest BCUT2D eigenvalue weighted by molar-refractivity contribution is -0.142. The number of hydrogen-bond acceptors (Lipinski definition) is 2. The van der Waals surface area contributed by atoms with Crippen LogP contribution in [0.25, 0.3) is 0 Å². The number of ether oxygens (including phenoxy) is 1. The molecule has 0 radical (unpaired) electrons. The molecule has 0 bridgehead atoms. The Morgan fingerprint density at radius 2 is 1.63 bits per heavy atom. The average molecular weight is 256 g/mol. The summed E-state index contributed by atoms with van der Waals surface area (Å²) < 4.78 is 5.70. The monoisotopic (exact) mass is 256 g/mol. The second-order valence-electron chi connectivity index (χ2n) is 4.87. The zero-order valence-corrected chi connectivity index (χ0v) is 11.0. The van der Waals surface area contributed by atoms with Crippen LogP contribution in [0.4, 0.5) is 0 Å². The maximum Gasteiger partial charge on any atom is 0.313 e. The Balaban J connectivity index is 2.28. The number of para-hydroxylation sites is 1. The van der Waals surface area contributed by atoms with Gasteiger partial charge in [-0.2, -0.15) is 0 Å². The van der Waals surface area contributed by atoms with Crippen LogP contribution in [0.3, 0.4) is 0 Å². The highest BCUT2D eigenvalue weighted by molar-refractivity contribution is 5.80. The van der Waals surface area contributed by atoms with Crippen LogP contribution < -0.4 is 4.74 Å². The maximum atomic E-state index is 11.3. The molecule has 0 aliphatic carbocycles. The molecule has 0 unspecified atom stereocenters. The Hall–Kier alpha value is -2.29. The lowest BCUT2D eigenvalue weighted by Gasteiger charge is -2.20. The molecule has 0 saturated heterocycles. The van der Waals surface area contributed by atoms with Crippen molar-refractivity contribution in [3.8, 4) is 11.5 Å². The van der Waals surface area contributed by atoms with E-state index in [-0.39, 0.29) is 0 Å². The van der Waals surface area contributed by atoms with E-state index in [2.05, 4.69) is 0 Å². The standard InChI is InChI=1S/C16H16O3/c1-16(2,15(17)18)12-7-6-10-14(11-12)19-13-8-4-3-5-9-13/h3-11H,1-2H3,(H,17,18). The summed E-state index contributed by atoms with van der Waals surface area (Å²) in [6.45, 7) is 3.36. The molecule has 0 aliphatic heterocycles. The van der Waals surface area contributed by atoms with Gasteiger partial charge in [0.1, 0.15) is 11.5 Å². The molecule has 0 fully saturated rings. The van der Waals surface area contributed by atoms with E-state index in [1.165, 1.54) is 0 Å². The first-order valence-corrected chi connectivity index (χ1v) is 6.07. The van der Waals surface area contributed by atoms with Gasteiger partial charge in [0.25, 0.3) is 0 Å². The van der Waals surface area contributed by atoms with Crippen molar-refractivity contribution in [1.29, 1.82) is 0 Å². The van der Waals surface area contributed by atoms with Gasteiger partial charge in [0.15, 0.2) is 0 Å². The zero-order chi connectivity index (χ0) is 13.9. The summed E-state index contributed by atoms with van der Waals surface area (Å²) in [5.41, 5.74) is -0.218. The van der Waals surface area contributed by atoms with E-state index in [1.54, 1.807) is 32.0 Å². The summed E-state index contributed by atoms with van der Waals surface area (Å²) in [6.07, 6.45) is 0. The molecule has 19 heavy (non-hydrogen) atoms. The Labute approximate surface area is 112 Å². The van der Waals surface area contributed by atoms with Gasteiger partial charge >= 0.3 is 5.97 Å². The molecule has 0 spiro atoms. The van der Waals surface area contributed by atoms with E-state index < -0.39 is 11.4 Å². The molecule has 3 nitrogen and oxygen atoms in total. The van der Waals surface area contributed by atoms with E-state index in [4.69, 9.17) is 4.74 Å². The second kappa shape index (κ2) is 5.14. The van der Waals surface area contributed by atoms with Crippen LogP contribution in [-0.2, 0) is 10.2 Å². The number of rotatable bonds is 4. The largest absolute Gasteiger partial charge is 0.481 e. The molecule has 3 heteroatoms. The van der Waals surface area contributed by atoms with Crippen LogP contribution in [0, 0.1) is 0 Å². The maximum absolute atomic E-state index is 11.3. The number of hydrogen-bond donors (Lipinski definition) is 1. The summed E-state index contributed by atoms with van der Waals surface area (Å²) in [6, 6.07) is 16.6. The van der Waals surface area contributed by atoms with Crippen molar-refractivity contribution >= 4 is 5.97 Å². The highest BCUT2D eigenvalue weighted by atomic mass is 16.5. The number of carbonyl (C=O) groups is 1. The molecule has 2 aromatic rings. The van der Waals surface area contributed by atoms with Crippen molar-refractivity contribution in [3.63, 3.8) is 0 Å². The van der Waals surface area contributed by atoms with Gasteiger partial charge in [0, 0.05) is 0 Å². The summed E-state index contributed by atoms with van der Waals surface area (Å²) in [4.78, 5) is 11.3. The third kappa shape index (κ3) is 2.94. The lowest BCUT2D eigenvalue weighted by Crippen LogP contribution is -2.28. The molecule has 0 saturated carbocycles. The Morgan fingerprint density at radius 3 is 2.26 bits per heavy atom. The fraction of sp³-hybridized carbons (Fsp3) is 0.188. The highest BCUT2D eigenvalue weighted by Crippen LogP contribution is 2.28. The SMILES string of the molecule is CC(C)(C(=O)O)c1cccc(Oc2ccccc2)c1. The third-order valence-corrected chi connectivity index (χ3v) is 3.07. The molecule has 98 valence electrons. The molecule has 0 aliphatic rings. The first-order chi connectivity index (χ1) is 9.00. The van der Waals surface area contributed by atoms with Crippen LogP contribution in [-0.4, -0.2) is 11.1 Å². The van der Waals surface area contributed by atoms with Gasteiger partial charge in [-0.1, -0.05) is 30.3 Å². The van der Waals surface area contributed by atoms with Crippen LogP contribution >= 0.6 is 0 Å². The van der Waals surface area contributed by atoms with Crippen molar-refractivity contribution in [2.45, 2.75) is 19.3 Å². The minimum Gasteiger partial charge on any atom is -0.481 e. The Bertz CT molecular complexity index is 574. The minimum atomic E-state index is -0.934. The number of carboxylic acids is 1. The Kier molecular flexibility index (Phi) is 3.56. The second-order valence-corrected chi connectivity index (χ2v) is 4.87. The quantitative estimate of drug-likeness (QED) is 0.904. The van der Waals surface area contributed by atoms with Crippen molar-refractivity contribution in [1.82, 2.24) is 0 Å². The molecule has 2 aromatic carbocycles. The van der Waals surface area contributed by atoms with Gasteiger partial charge in [-0.05, 0) is 43.7 Å². The van der Waals surface area contributed by atoms with Crippen molar-refractivity contribution < 1.29 is 14.6 Å². The van der Waals surface area contributed by atoms with Crippen molar-refractivity contribution in [2.75, 3.05) is 0 Å². The first kappa shape index (κ1) is 13.1. The average Bonchev–Trinajstić information content (AvgIpc) is 2.40. The first-order valence-electron chi connectivity index (χ1n) is 6.07. The summed E-state index contributed by atoms with van der Waals surface area (Å²) in [5, 5.41) is 9.23. The van der Waals surface area contributed by atoms with Crippen LogP contribution in [0.1, 0.15) is 19.4 Å². The summed E-state index contributed by atoms with van der Waals surface area (Å²) in [7, 11) is 0. The summed E-state index contributed by atoms with van der Waals surface area (Å²) >= 11 is 0. The predicted molar refractivity (Wildman–Crippen MR) is 73.6 cm³/mol. The van der Waals surface area contributed by atoms with Gasteiger partial charge in [0.05, 0.1) is 5.41 Å². The zero-order valence-electron chi connectivity index (χ0n) is 11.0. The molecular formula is C16H16O3. The van der Waals surface area contributed by atoms with Gasteiger partial charge in [-0.3, -0.25) is 4.79 Å². The third-order valence-electron chi connectivity index (χ3n) is 3.07. The van der Waals surface area contributed by atoms with E-state index in [0.717, 1.165) is 5.75 Å². The van der Waals surface area contributed by atoms with E-state index >= 15 is 0 Å². The topological polar surface area (TPSA) is 46.5 Å². The molecular weight excluding hydrogens is 240 g/mol. The molecule has 0 amide bonds. The molecule has 2 rings (SSSR count). The molecule has 0 atom stereocenters. The van der Waals surface area contributed by atoms with Gasteiger partial charge in [-0.25, -0.2) is 0 Å². The predicted octanol–water partition coefficient (Wildman–Crippen LogP) is 3.84. The van der Waals surface area contributed by atoms with Crippen LogP contribution in [0.15, 0.2) is 54.6 Å². The van der Waals surface area contributed by atoms with Crippen LogP contribution in [0.2, 0.25) is 0 Å². The molecule has 0 aromatic heterocycles. The fourth-order valence-corrected chi connectivity index (χ4v) is 1.70. The van der Waals surface area contributed by atoms with Gasteiger partial charge in [0.2, 0.25) is 0 Å². The van der Waals surface area contributed by atoms with E-state index in [9.17, 15) is 9.90 Å². The van der Waals surface area contributed by atoms with Crippen molar-refractivity contribution in [3.05, 3.63) is 60.2 Å². The van der Waals surface area contributed by atoms with Crippen molar-refractivity contribution in [2.24, 2.45) is 0 Å². The normalized spacial score (nSPS) is 11.1.